The predicted octanol–water partition coefficient (Wildman–Crippen LogP) is 8.72. The smallest absolute Gasteiger partial charge is 0.306 e. The van der Waals surface area contributed by atoms with Gasteiger partial charge in [-0.25, -0.2) is 0 Å². The van der Waals surface area contributed by atoms with Crippen molar-refractivity contribution in [1.29, 1.82) is 0 Å². The van der Waals surface area contributed by atoms with E-state index in [-0.39, 0.29) is 26.1 Å². The van der Waals surface area contributed by atoms with Crippen molar-refractivity contribution in [2.45, 2.75) is 287 Å². The summed E-state index contributed by atoms with van der Waals surface area (Å²) in [6, 6.07) is 0. The highest BCUT2D eigenvalue weighted by molar-refractivity contribution is 5.70. The van der Waals surface area contributed by atoms with Crippen LogP contribution in [0.1, 0.15) is 219 Å². The Morgan fingerprint density at radius 1 is 0.457 bits per heavy atom. The van der Waals surface area contributed by atoms with Gasteiger partial charge in [-0.05, 0) is 44.9 Å². The van der Waals surface area contributed by atoms with Gasteiger partial charge in [0, 0.05) is 12.8 Å². The number of carbonyl (C=O) groups excluding carboxylic acids is 2. The molecule has 0 aromatic carbocycles. The minimum atomic E-state index is -1.76. The number of aliphatic hydroxyl groups is 7. The molecule has 70 heavy (non-hydrogen) atoms. The molecule has 2 saturated heterocycles. The highest BCUT2D eigenvalue weighted by Crippen LogP contribution is 2.27. The molecular weight excluding hydrogens is 901 g/mol. The van der Waals surface area contributed by atoms with Gasteiger partial charge < -0.3 is 64.2 Å². The normalized spacial score (nSPS) is 25.5. The second-order valence-corrected chi connectivity index (χ2v) is 19.8. The van der Waals surface area contributed by atoms with Crippen molar-refractivity contribution in [3.8, 4) is 0 Å². The average Bonchev–Trinajstić information content (AvgIpc) is 3.35. The molecule has 15 nitrogen and oxygen atoms in total. The standard InChI is InChI=1S/C55H100O15/c1-3-5-7-9-11-13-15-17-19-21-22-24-26-28-30-32-34-36-38-47(58)68-43(40-65-46(57)37-35-33-31-29-27-25-23-20-18-16-14-12-10-8-6-4-2)41-66-54-53(64)51(62)49(60)45(70-54)42-67-55-52(63)50(61)48(59)44(39-56)69-55/h13,15,19,21,43-45,48-56,59-64H,3-12,14,16-18,20,22-42H2,1-2H3/b15-13-,21-19-. The first-order valence-corrected chi connectivity index (χ1v) is 27.9. The van der Waals surface area contributed by atoms with E-state index in [2.05, 4.69) is 38.2 Å². The van der Waals surface area contributed by atoms with E-state index in [9.17, 15) is 45.3 Å². The third-order valence-corrected chi connectivity index (χ3v) is 13.4. The molecule has 0 amide bonds. The van der Waals surface area contributed by atoms with Crippen LogP contribution in [-0.2, 0) is 38.0 Å². The number of esters is 2. The van der Waals surface area contributed by atoms with Crippen LogP contribution in [0.5, 0.6) is 0 Å². The number of hydrogen-bond donors (Lipinski definition) is 7. The monoisotopic (exact) mass is 1000 g/mol. The van der Waals surface area contributed by atoms with Gasteiger partial charge in [0.15, 0.2) is 18.7 Å². The number of rotatable bonds is 44. The molecule has 2 heterocycles. The van der Waals surface area contributed by atoms with Gasteiger partial charge in [0.2, 0.25) is 0 Å². The van der Waals surface area contributed by atoms with Crippen molar-refractivity contribution < 1.29 is 73.8 Å². The predicted molar refractivity (Wildman–Crippen MR) is 271 cm³/mol. The van der Waals surface area contributed by atoms with E-state index in [0.29, 0.717) is 12.8 Å². The van der Waals surface area contributed by atoms with Crippen LogP contribution in [0.2, 0.25) is 0 Å². The highest BCUT2D eigenvalue weighted by atomic mass is 16.7. The summed E-state index contributed by atoms with van der Waals surface area (Å²) in [4.78, 5) is 25.8. The molecule has 410 valence electrons. The minimum absolute atomic E-state index is 0.159. The van der Waals surface area contributed by atoms with Gasteiger partial charge >= 0.3 is 11.9 Å². The molecule has 2 aliphatic heterocycles. The number of allylic oxidation sites excluding steroid dienone is 4. The van der Waals surface area contributed by atoms with Crippen molar-refractivity contribution in [1.82, 2.24) is 0 Å². The van der Waals surface area contributed by atoms with E-state index in [1.54, 1.807) is 0 Å². The summed E-state index contributed by atoms with van der Waals surface area (Å²) in [7, 11) is 0. The van der Waals surface area contributed by atoms with E-state index in [0.717, 1.165) is 64.2 Å². The zero-order valence-corrected chi connectivity index (χ0v) is 43.5. The SMILES string of the molecule is CCCCCC/C=C\C/C=C\CCCCCCCCCC(=O)OC(COC(=O)CCCCCCCCCCCCCCCCCC)COC1OC(COC2OC(CO)C(O)C(O)C2O)C(O)C(O)C1O. The molecule has 0 aromatic rings. The summed E-state index contributed by atoms with van der Waals surface area (Å²) in [6.07, 6.45) is 27.6. The highest BCUT2D eigenvalue weighted by Gasteiger charge is 2.47. The van der Waals surface area contributed by atoms with E-state index < -0.39 is 92.7 Å². The number of ether oxygens (including phenoxy) is 6. The van der Waals surface area contributed by atoms with Crippen molar-refractivity contribution in [2.75, 3.05) is 26.4 Å². The van der Waals surface area contributed by atoms with Crippen LogP contribution in [0.3, 0.4) is 0 Å². The molecule has 11 atom stereocenters. The largest absolute Gasteiger partial charge is 0.462 e. The summed E-state index contributed by atoms with van der Waals surface area (Å²) < 4.78 is 33.7. The number of unbranched alkanes of at least 4 members (excludes halogenated alkanes) is 26. The minimum Gasteiger partial charge on any atom is -0.462 e. The van der Waals surface area contributed by atoms with Gasteiger partial charge in [-0.1, -0.05) is 186 Å². The Morgan fingerprint density at radius 3 is 1.34 bits per heavy atom. The Labute approximate surface area is 422 Å². The zero-order valence-electron chi connectivity index (χ0n) is 43.5. The Bertz CT molecular complexity index is 1310. The summed E-state index contributed by atoms with van der Waals surface area (Å²) in [5, 5.41) is 72.2. The lowest BCUT2D eigenvalue weighted by Gasteiger charge is -2.42. The van der Waals surface area contributed by atoms with Crippen molar-refractivity contribution in [3.05, 3.63) is 24.3 Å². The maximum Gasteiger partial charge on any atom is 0.306 e. The fourth-order valence-corrected chi connectivity index (χ4v) is 8.84. The Morgan fingerprint density at radius 2 is 0.857 bits per heavy atom. The first-order chi connectivity index (χ1) is 34.0. The molecule has 11 unspecified atom stereocenters. The topological polar surface area (TPSA) is 231 Å². The molecule has 0 spiro atoms. The molecule has 0 aromatic heterocycles. The number of hydrogen-bond acceptors (Lipinski definition) is 15. The molecule has 2 aliphatic rings. The van der Waals surface area contributed by atoms with Crippen LogP contribution in [0.4, 0.5) is 0 Å². The summed E-state index contributed by atoms with van der Waals surface area (Å²) in [5.41, 5.74) is 0. The third kappa shape index (κ3) is 29.6. The van der Waals surface area contributed by atoms with E-state index in [4.69, 9.17) is 28.4 Å². The Balaban J connectivity index is 1.78. The van der Waals surface area contributed by atoms with Gasteiger partial charge in [0.1, 0.15) is 55.4 Å². The second kappa shape index (κ2) is 42.3. The lowest BCUT2D eigenvalue weighted by atomic mass is 9.98. The van der Waals surface area contributed by atoms with Gasteiger partial charge in [-0.3, -0.25) is 9.59 Å². The Kier molecular flexibility index (Phi) is 38.8. The molecular formula is C55H100O15. The van der Waals surface area contributed by atoms with Crippen molar-refractivity contribution in [3.63, 3.8) is 0 Å². The zero-order chi connectivity index (χ0) is 51.0. The van der Waals surface area contributed by atoms with Crippen LogP contribution >= 0.6 is 0 Å². The first kappa shape index (κ1) is 64.1. The average molecular weight is 1000 g/mol. The maximum atomic E-state index is 13.0. The van der Waals surface area contributed by atoms with Gasteiger partial charge in [-0.2, -0.15) is 0 Å². The fourth-order valence-electron chi connectivity index (χ4n) is 8.84. The molecule has 0 radical (unpaired) electrons. The number of carbonyl (C=O) groups is 2. The van der Waals surface area contributed by atoms with Gasteiger partial charge in [0.05, 0.1) is 19.8 Å². The lowest BCUT2D eigenvalue weighted by Crippen LogP contribution is -2.61. The van der Waals surface area contributed by atoms with E-state index >= 15 is 0 Å². The van der Waals surface area contributed by atoms with Crippen molar-refractivity contribution in [2.24, 2.45) is 0 Å². The number of aliphatic hydroxyl groups excluding tert-OH is 7. The molecule has 2 rings (SSSR count). The van der Waals surface area contributed by atoms with Crippen LogP contribution in [0, 0.1) is 0 Å². The summed E-state index contributed by atoms with van der Waals surface area (Å²) >= 11 is 0. The summed E-state index contributed by atoms with van der Waals surface area (Å²) in [6.45, 7) is 2.60. The van der Waals surface area contributed by atoms with Crippen LogP contribution in [0.15, 0.2) is 24.3 Å². The fraction of sp³-hybridized carbons (Fsp3) is 0.891. The van der Waals surface area contributed by atoms with Crippen molar-refractivity contribution >= 4 is 11.9 Å². The molecule has 7 N–H and O–H groups in total. The third-order valence-electron chi connectivity index (χ3n) is 13.4. The molecule has 0 saturated carbocycles. The quantitative estimate of drug-likeness (QED) is 0.0172. The van der Waals surface area contributed by atoms with E-state index in [1.807, 2.05) is 0 Å². The molecule has 0 aliphatic carbocycles. The van der Waals surface area contributed by atoms with Gasteiger partial charge in [-0.15, -0.1) is 0 Å². The Hall–Kier alpha value is -2.02. The van der Waals surface area contributed by atoms with E-state index in [1.165, 1.54) is 116 Å². The molecule has 0 bridgehead atoms. The lowest BCUT2D eigenvalue weighted by molar-refractivity contribution is -0.332. The maximum absolute atomic E-state index is 13.0. The second-order valence-electron chi connectivity index (χ2n) is 19.8. The van der Waals surface area contributed by atoms with Gasteiger partial charge in [0.25, 0.3) is 0 Å². The van der Waals surface area contributed by atoms with Crippen LogP contribution in [-0.4, -0.2) is 142 Å². The first-order valence-electron chi connectivity index (χ1n) is 27.9. The van der Waals surface area contributed by atoms with Crippen LogP contribution in [0.25, 0.3) is 0 Å². The van der Waals surface area contributed by atoms with Crippen LogP contribution < -0.4 is 0 Å². The molecule has 15 heteroatoms. The summed E-state index contributed by atoms with van der Waals surface area (Å²) in [5.74, 6) is -0.923. The molecule has 2 fully saturated rings.